The molecule has 2 aromatic carbocycles. The molecule has 11 heteroatoms. The van der Waals surface area contributed by atoms with Crippen molar-refractivity contribution < 1.29 is 26.4 Å². The molecule has 0 spiro atoms. The van der Waals surface area contributed by atoms with Crippen molar-refractivity contribution in [1.82, 2.24) is 9.21 Å². The summed E-state index contributed by atoms with van der Waals surface area (Å²) in [5, 5.41) is 0. The number of piperazine rings is 1. The van der Waals surface area contributed by atoms with E-state index in [0.717, 1.165) is 16.1 Å². The molecule has 9 nitrogen and oxygen atoms in total. The van der Waals surface area contributed by atoms with E-state index in [9.17, 15) is 21.6 Å². The summed E-state index contributed by atoms with van der Waals surface area (Å²) in [4.78, 5) is 14.5. The fourth-order valence-electron chi connectivity index (χ4n) is 3.41. The van der Waals surface area contributed by atoms with Crippen molar-refractivity contribution in [2.45, 2.75) is 11.8 Å². The average molecular weight is 482 g/mol. The maximum Gasteiger partial charge on any atom is 0.243 e. The van der Waals surface area contributed by atoms with Crippen LogP contribution in [0.5, 0.6) is 5.75 Å². The minimum Gasteiger partial charge on any atom is -0.497 e. The van der Waals surface area contributed by atoms with E-state index in [1.807, 2.05) is 6.92 Å². The number of carbonyl (C=O) groups is 1. The SMILES string of the molecule is COc1ccc(N(CC(=O)N2CCN(S(=O)(=O)c3ccc(C)cc3)CC2)S(C)(=O)=O)cc1. The Morgan fingerprint density at radius 2 is 1.50 bits per heavy atom. The molecule has 174 valence electrons. The first-order valence-electron chi connectivity index (χ1n) is 9.99. The Kier molecular flexibility index (Phi) is 7.11. The van der Waals surface area contributed by atoms with Gasteiger partial charge in [-0.05, 0) is 43.3 Å². The second kappa shape index (κ2) is 9.47. The molecular weight excluding hydrogens is 454 g/mol. The Hall–Kier alpha value is -2.63. The van der Waals surface area contributed by atoms with Gasteiger partial charge in [-0.2, -0.15) is 4.31 Å². The van der Waals surface area contributed by atoms with Crippen LogP contribution in [0.3, 0.4) is 0 Å². The first kappa shape index (κ1) is 24.0. The van der Waals surface area contributed by atoms with Crippen LogP contribution in [0.25, 0.3) is 0 Å². The fraction of sp³-hybridized carbons (Fsp3) is 0.381. The Bertz CT molecular complexity index is 1160. The van der Waals surface area contributed by atoms with Crippen LogP contribution in [0.2, 0.25) is 0 Å². The zero-order chi connectivity index (χ0) is 23.5. The van der Waals surface area contributed by atoms with Crippen LogP contribution in [0.15, 0.2) is 53.4 Å². The van der Waals surface area contributed by atoms with Gasteiger partial charge in [0.05, 0.1) is 23.9 Å². The summed E-state index contributed by atoms with van der Waals surface area (Å²) in [6.07, 6.45) is 1.04. The summed E-state index contributed by atoms with van der Waals surface area (Å²) in [6, 6.07) is 13.0. The summed E-state index contributed by atoms with van der Waals surface area (Å²) in [5.41, 5.74) is 1.31. The number of hydrogen-bond donors (Lipinski definition) is 0. The maximum absolute atomic E-state index is 12.8. The molecule has 0 N–H and O–H groups in total. The van der Waals surface area contributed by atoms with E-state index in [1.165, 1.54) is 16.3 Å². The largest absolute Gasteiger partial charge is 0.497 e. The van der Waals surface area contributed by atoms with Gasteiger partial charge >= 0.3 is 0 Å². The molecule has 1 heterocycles. The minimum absolute atomic E-state index is 0.142. The second-order valence-corrected chi connectivity index (χ2v) is 11.4. The summed E-state index contributed by atoms with van der Waals surface area (Å²) in [5.74, 6) is 0.179. The predicted octanol–water partition coefficient (Wildman–Crippen LogP) is 1.30. The lowest BCUT2D eigenvalue weighted by Crippen LogP contribution is -2.53. The normalized spacial score (nSPS) is 15.4. The van der Waals surface area contributed by atoms with Crippen molar-refractivity contribution >= 4 is 31.6 Å². The number of benzene rings is 2. The Morgan fingerprint density at radius 3 is 2.00 bits per heavy atom. The molecule has 0 saturated carbocycles. The van der Waals surface area contributed by atoms with E-state index < -0.39 is 26.0 Å². The van der Waals surface area contributed by atoms with Crippen LogP contribution in [0.4, 0.5) is 5.69 Å². The number of rotatable bonds is 7. The predicted molar refractivity (Wildman–Crippen MR) is 122 cm³/mol. The number of ether oxygens (including phenoxy) is 1. The second-order valence-electron chi connectivity index (χ2n) is 7.57. The van der Waals surface area contributed by atoms with Crippen molar-refractivity contribution in [3.8, 4) is 5.75 Å². The number of anilines is 1. The van der Waals surface area contributed by atoms with E-state index in [4.69, 9.17) is 4.74 Å². The van der Waals surface area contributed by atoms with Gasteiger partial charge < -0.3 is 9.64 Å². The Labute approximate surface area is 189 Å². The molecule has 0 aliphatic carbocycles. The fourth-order valence-corrected chi connectivity index (χ4v) is 5.68. The lowest BCUT2D eigenvalue weighted by Gasteiger charge is -2.35. The number of carbonyl (C=O) groups excluding carboxylic acids is 1. The van der Waals surface area contributed by atoms with Gasteiger partial charge in [-0.3, -0.25) is 9.10 Å². The monoisotopic (exact) mass is 481 g/mol. The third-order valence-corrected chi connectivity index (χ3v) is 8.34. The van der Waals surface area contributed by atoms with Gasteiger partial charge in [0.1, 0.15) is 12.3 Å². The van der Waals surface area contributed by atoms with Crippen molar-refractivity contribution in [3.05, 3.63) is 54.1 Å². The molecule has 0 atom stereocenters. The quantitative estimate of drug-likeness (QED) is 0.591. The average Bonchev–Trinajstić information content (AvgIpc) is 2.77. The van der Waals surface area contributed by atoms with Crippen molar-refractivity contribution in [2.24, 2.45) is 0 Å². The molecular formula is C21H27N3O6S2. The van der Waals surface area contributed by atoms with Gasteiger partial charge in [-0.1, -0.05) is 17.7 Å². The van der Waals surface area contributed by atoms with E-state index in [2.05, 4.69) is 0 Å². The summed E-state index contributed by atoms with van der Waals surface area (Å²) in [6.45, 7) is 2.17. The minimum atomic E-state index is -3.71. The highest BCUT2D eigenvalue weighted by molar-refractivity contribution is 7.92. The van der Waals surface area contributed by atoms with Crippen LogP contribution in [-0.2, 0) is 24.8 Å². The molecule has 3 rings (SSSR count). The third-order valence-electron chi connectivity index (χ3n) is 5.29. The highest BCUT2D eigenvalue weighted by atomic mass is 32.2. The van der Waals surface area contributed by atoms with Crippen LogP contribution in [0, 0.1) is 6.92 Å². The van der Waals surface area contributed by atoms with Gasteiger partial charge in [0.15, 0.2) is 0 Å². The van der Waals surface area contributed by atoms with Crippen molar-refractivity contribution in [1.29, 1.82) is 0 Å². The van der Waals surface area contributed by atoms with E-state index in [0.29, 0.717) is 11.4 Å². The third kappa shape index (κ3) is 5.40. The molecule has 32 heavy (non-hydrogen) atoms. The van der Waals surface area contributed by atoms with Gasteiger partial charge in [0, 0.05) is 26.2 Å². The first-order valence-corrected chi connectivity index (χ1v) is 13.3. The first-order chi connectivity index (χ1) is 15.0. The van der Waals surface area contributed by atoms with Crippen molar-refractivity contribution in [2.75, 3.05) is 50.4 Å². The van der Waals surface area contributed by atoms with Crippen LogP contribution in [-0.4, -0.2) is 78.0 Å². The molecule has 1 saturated heterocycles. The van der Waals surface area contributed by atoms with E-state index in [1.54, 1.807) is 48.5 Å². The number of methoxy groups -OCH3 is 1. The van der Waals surface area contributed by atoms with Gasteiger partial charge in [0.2, 0.25) is 26.0 Å². The van der Waals surface area contributed by atoms with E-state index in [-0.39, 0.29) is 37.6 Å². The lowest BCUT2D eigenvalue weighted by molar-refractivity contribution is -0.130. The lowest BCUT2D eigenvalue weighted by atomic mass is 10.2. The number of sulfonamides is 2. The zero-order valence-electron chi connectivity index (χ0n) is 18.3. The molecule has 1 amide bonds. The molecule has 1 fully saturated rings. The molecule has 1 aliphatic rings. The number of amides is 1. The highest BCUT2D eigenvalue weighted by Gasteiger charge is 2.31. The molecule has 2 aromatic rings. The highest BCUT2D eigenvalue weighted by Crippen LogP contribution is 2.22. The number of nitrogens with zero attached hydrogens (tertiary/aromatic N) is 3. The maximum atomic E-state index is 12.8. The number of aryl methyl sites for hydroxylation is 1. The number of hydrogen-bond acceptors (Lipinski definition) is 6. The van der Waals surface area contributed by atoms with Gasteiger partial charge in [-0.25, -0.2) is 16.8 Å². The Morgan fingerprint density at radius 1 is 0.938 bits per heavy atom. The van der Waals surface area contributed by atoms with Crippen molar-refractivity contribution in [3.63, 3.8) is 0 Å². The summed E-state index contributed by atoms with van der Waals surface area (Å²) in [7, 11) is -5.85. The zero-order valence-corrected chi connectivity index (χ0v) is 19.9. The van der Waals surface area contributed by atoms with Crippen LogP contribution < -0.4 is 9.04 Å². The van der Waals surface area contributed by atoms with Crippen LogP contribution in [0.1, 0.15) is 5.56 Å². The van der Waals surface area contributed by atoms with Gasteiger partial charge in [0.25, 0.3) is 0 Å². The molecule has 0 bridgehead atoms. The molecule has 1 aliphatic heterocycles. The standard InChI is InChI=1S/C21H27N3O6S2/c1-17-4-10-20(11-5-17)32(28,29)23-14-12-22(13-15-23)21(25)16-24(31(3,26)27)18-6-8-19(30-2)9-7-18/h4-11H,12-16H2,1-3H3. The molecule has 0 unspecified atom stereocenters. The Balaban J connectivity index is 1.67. The molecule has 0 radical (unpaired) electrons. The van der Waals surface area contributed by atoms with Gasteiger partial charge in [-0.15, -0.1) is 0 Å². The van der Waals surface area contributed by atoms with Crippen LogP contribution >= 0.6 is 0 Å². The smallest absolute Gasteiger partial charge is 0.243 e. The van der Waals surface area contributed by atoms with E-state index >= 15 is 0 Å². The summed E-state index contributed by atoms with van der Waals surface area (Å²) >= 11 is 0. The summed E-state index contributed by atoms with van der Waals surface area (Å²) < 4.78 is 57.8. The topological polar surface area (TPSA) is 104 Å². The molecule has 0 aromatic heterocycles.